The molecule has 1 saturated carbocycles. The third kappa shape index (κ3) is 3.48. The fraction of sp³-hybridized carbons (Fsp3) is 0.500. The number of hydrogen-bond donors (Lipinski definition) is 2. The van der Waals surface area contributed by atoms with Gasteiger partial charge in [-0.2, -0.15) is 0 Å². The minimum absolute atomic E-state index is 0.182. The van der Waals surface area contributed by atoms with E-state index >= 15 is 0 Å². The highest BCUT2D eigenvalue weighted by atomic mass is 79.9. The molecule has 0 aliphatic heterocycles. The van der Waals surface area contributed by atoms with E-state index in [0.29, 0.717) is 15.7 Å². The molecule has 2 rings (SSSR count). The zero-order valence-electron chi connectivity index (χ0n) is 11.3. The first-order valence-corrected chi connectivity index (χ1v) is 7.70. The Balaban J connectivity index is 2.04. The van der Waals surface area contributed by atoms with Crippen molar-refractivity contribution >= 4 is 38.8 Å². The second-order valence-corrected chi connectivity index (χ2v) is 6.48. The van der Waals surface area contributed by atoms with E-state index < -0.39 is 0 Å². The van der Waals surface area contributed by atoms with Crippen LogP contribution in [-0.4, -0.2) is 25.2 Å². The number of thiocarbonyl (C=S) groups is 1. The molecular weight excluding hydrogens is 343 g/mol. The molecular formula is C14H18BrFN2OS. The van der Waals surface area contributed by atoms with Gasteiger partial charge in [0.05, 0.1) is 10.2 Å². The molecule has 0 spiro atoms. The molecule has 1 fully saturated rings. The lowest BCUT2D eigenvalue weighted by Crippen LogP contribution is -2.18. The molecule has 0 aromatic heterocycles. The maximum Gasteiger partial charge on any atom is 0.161 e. The lowest BCUT2D eigenvalue weighted by atomic mass is 10.0. The van der Waals surface area contributed by atoms with Gasteiger partial charge in [-0.15, -0.1) is 0 Å². The Morgan fingerprint density at radius 2 is 2.25 bits per heavy atom. The van der Waals surface area contributed by atoms with E-state index in [4.69, 9.17) is 22.7 Å². The summed E-state index contributed by atoms with van der Waals surface area (Å²) in [5.74, 6) is -0.349. The van der Waals surface area contributed by atoms with Gasteiger partial charge in [0.15, 0.2) is 5.82 Å². The van der Waals surface area contributed by atoms with Crippen LogP contribution in [0.1, 0.15) is 24.8 Å². The molecule has 0 radical (unpaired) electrons. The van der Waals surface area contributed by atoms with Crippen molar-refractivity contribution in [1.82, 2.24) is 0 Å². The summed E-state index contributed by atoms with van der Waals surface area (Å²) in [6, 6.07) is 3.41. The first-order valence-electron chi connectivity index (χ1n) is 6.50. The van der Waals surface area contributed by atoms with Gasteiger partial charge in [-0.05, 0) is 52.7 Å². The predicted molar refractivity (Wildman–Crippen MR) is 86.6 cm³/mol. The minimum atomic E-state index is -0.349. The number of hydrogen-bond acceptors (Lipinski definition) is 3. The Bertz CT molecular complexity index is 520. The highest BCUT2D eigenvalue weighted by molar-refractivity contribution is 9.10. The number of nitrogens with one attached hydrogen (secondary N) is 1. The number of benzene rings is 1. The summed E-state index contributed by atoms with van der Waals surface area (Å²) in [7, 11) is 1.70. The van der Waals surface area contributed by atoms with Gasteiger partial charge in [0.25, 0.3) is 0 Å². The Kier molecular flexibility index (Phi) is 4.99. The van der Waals surface area contributed by atoms with Crippen LogP contribution in [-0.2, 0) is 4.74 Å². The van der Waals surface area contributed by atoms with Crippen LogP contribution in [0.4, 0.5) is 10.1 Å². The van der Waals surface area contributed by atoms with Crippen LogP contribution in [0.15, 0.2) is 16.6 Å². The van der Waals surface area contributed by atoms with Crippen LogP contribution in [0.3, 0.4) is 0 Å². The number of nitrogens with two attached hydrogens (primary N) is 1. The molecule has 0 amide bonds. The van der Waals surface area contributed by atoms with E-state index in [1.54, 1.807) is 19.2 Å². The normalized spacial score (nSPS) is 15.9. The lowest BCUT2D eigenvalue weighted by molar-refractivity contribution is 0.175. The van der Waals surface area contributed by atoms with Crippen molar-refractivity contribution in [3.05, 3.63) is 28.0 Å². The van der Waals surface area contributed by atoms with E-state index in [1.807, 2.05) is 0 Å². The maximum absolute atomic E-state index is 14.2. The van der Waals surface area contributed by atoms with Crippen LogP contribution >= 0.6 is 28.1 Å². The Labute approximate surface area is 132 Å². The van der Waals surface area contributed by atoms with Crippen molar-refractivity contribution < 1.29 is 9.13 Å². The van der Waals surface area contributed by atoms with E-state index in [2.05, 4.69) is 21.2 Å². The molecule has 1 aromatic carbocycles. The summed E-state index contributed by atoms with van der Waals surface area (Å²) in [4.78, 5) is 0.182. The second-order valence-electron chi connectivity index (χ2n) is 5.25. The highest BCUT2D eigenvalue weighted by Gasteiger charge is 2.41. The SMILES string of the molecule is COCCC1(CNc2ccc(C(N)=S)c(Br)c2F)CC1. The molecule has 3 N–H and O–H groups in total. The number of ether oxygens (including phenoxy) is 1. The summed E-state index contributed by atoms with van der Waals surface area (Å²) in [6.45, 7) is 1.50. The molecule has 0 atom stereocenters. The van der Waals surface area contributed by atoms with E-state index in [1.165, 1.54) is 0 Å². The number of halogens is 2. The van der Waals surface area contributed by atoms with Gasteiger partial charge in [0.1, 0.15) is 4.99 Å². The number of methoxy groups -OCH3 is 1. The topological polar surface area (TPSA) is 47.3 Å². The molecule has 6 heteroatoms. The van der Waals surface area contributed by atoms with Crippen molar-refractivity contribution in [2.75, 3.05) is 25.6 Å². The summed E-state index contributed by atoms with van der Waals surface area (Å²) in [5.41, 5.74) is 6.79. The molecule has 0 bridgehead atoms. The van der Waals surface area contributed by atoms with E-state index in [9.17, 15) is 4.39 Å². The summed E-state index contributed by atoms with van der Waals surface area (Å²) < 4.78 is 19.7. The van der Waals surface area contributed by atoms with Gasteiger partial charge in [0.2, 0.25) is 0 Å². The molecule has 0 saturated heterocycles. The molecule has 20 heavy (non-hydrogen) atoms. The molecule has 3 nitrogen and oxygen atoms in total. The van der Waals surface area contributed by atoms with Crippen LogP contribution in [0.5, 0.6) is 0 Å². The largest absolute Gasteiger partial charge is 0.389 e. The predicted octanol–water partition coefficient (Wildman–Crippen LogP) is 3.45. The van der Waals surface area contributed by atoms with E-state index in [-0.39, 0.29) is 16.2 Å². The highest BCUT2D eigenvalue weighted by Crippen LogP contribution is 2.48. The Hall–Kier alpha value is -0.720. The molecule has 1 aliphatic carbocycles. The first kappa shape index (κ1) is 15.7. The average molecular weight is 361 g/mol. The van der Waals surface area contributed by atoms with Gasteiger partial charge in [-0.3, -0.25) is 0 Å². The van der Waals surface area contributed by atoms with Gasteiger partial charge in [-0.1, -0.05) is 12.2 Å². The molecule has 1 aromatic rings. The maximum atomic E-state index is 14.2. The smallest absolute Gasteiger partial charge is 0.161 e. The Morgan fingerprint density at radius 1 is 1.55 bits per heavy atom. The van der Waals surface area contributed by atoms with Crippen LogP contribution in [0.2, 0.25) is 0 Å². The van der Waals surface area contributed by atoms with Crippen LogP contribution < -0.4 is 11.1 Å². The number of rotatable bonds is 7. The molecule has 110 valence electrons. The van der Waals surface area contributed by atoms with E-state index in [0.717, 1.165) is 32.4 Å². The summed E-state index contributed by atoms with van der Waals surface area (Å²) >= 11 is 8.09. The standard InChI is InChI=1S/C14H18BrFN2OS/c1-19-7-6-14(4-5-14)8-18-10-3-2-9(13(17)20)11(15)12(10)16/h2-3,18H,4-8H2,1H3,(H2,17,20). The Morgan fingerprint density at radius 3 is 2.80 bits per heavy atom. The number of anilines is 1. The molecule has 0 heterocycles. The fourth-order valence-corrected chi connectivity index (χ4v) is 3.03. The van der Waals surface area contributed by atoms with Crippen molar-refractivity contribution in [3.8, 4) is 0 Å². The zero-order valence-corrected chi connectivity index (χ0v) is 13.7. The third-order valence-corrected chi connectivity index (χ3v) is 4.79. The van der Waals surface area contributed by atoms with Gasteiger partial charge in [0, 0.05) is 25.8 Å². The zero-order chi connectivity index (χ0) is 14.8. The van der Waals surface area contributed by atoms with Gasteiger partial charge < -0.3 is 15.8 Å². The second kappa shape index (κ2) is 6.37. The molecule has 1 aliphatic rings. The quantitative estimate of drug-likeness (QED) is 0.731. The van der Waals surface area contributed by atoms with Crippen molar-refractivity contribution in [1.29, 1.82) is 0 Å². The van der Waals surface area contributed by atoms with Gasteiger partial charge >= 0.3 is 0 Å². The van der Waals surface area contributed by atoms with Crippen LogP contribution in [0.25, 0.3) is 0 Å². The van der Waals surface area contributed by atoms with Gasteiger partial charge in [-0.25, -0.2) is 4.39 Å². The summed E-state index contributed by atoms with van der Waals surface area (Å²) in [6.07, 6.45) is 3.33. The molecule has 0 unspecified atom stereocenters. The average Bonchev–Trinajstić information content (AvgIpc) is 3.18. The fourth-order valence-electron chi connectivity index (χ4n) is 2.17. The minimum Gasteiger partial charge on any atom is -0.389 e. The monoisotopic (exact) mass is 360 g/mol. The third-order valence-electron chi connectivity index (χ3n) is 3.80. The first-order chi connectivity index (χ1) is 9.49. The van der Waals surface area contributed by atoms with Crippen LogP contribution in [0, 0.1) is 11.2 Å². The van der Waals surface area contributed by atoms with Crippen molar-refractivity contribution in [2.45, 2.75) is 19.3 Å². The van der Waals surface area contributed by atoms with Crippen molar-refractivity contribution in [3.63, 3.8) is 0 Å². The van der Waals surface area contributed by atoms with Crippen molar-refractivity contribution in [2.24, 2.45) is 11.1 Å². The lowest BCUT2D eigenvalue weighted by Gasteiger charge is -2.17. The summed E-state index contributed by atoms with van der Waals surface area (Å²) in [5, 5.41) is 3.19.